The molecule has 0 aliphatic heterocycles. The van der Waals surface area contributed by atoms with Crippen molar-refractivity contribution in [2.45, 2.75) is 6.42 Å². The second-order valence-electron chi connectivity index (χ2n) is 5.76. The third-order valence-electron chi connectivity index (χ3n) is 4.31. The third-order valence-corrected chi connectivity index (χ3v) is 4.31. The predicted molar refractivity (Wildman–Crippen MR) is 97.0 cm³/mol. The Kier molecular flexibility index (Phi) is 3.29. The van der Waals surface area contributed by atoms with E-state index in [9.17, 15) is 0 Å². The minimum absolute atomic E-state index is 0.692. The quantitative estimate of drug-likeness (QED) is 0.309. The van der Waals surface area contributed by atoms with Gasteiger partial charge in [-0.25, -0.2) is 4.85 Å². The fourth-order valence-electron chi connectivity index (χ4n) is 3.19. The summed E-state index contributed by atoms with van der Waals surface area (Å²) >= 11 is 0. The lowest BCUT2D eigenvalue weighted by Crippen LogP contribution is -1.91. The van der Waals surface area contributed by atoms with E-state index in [1.54, 1.807) is 0 Å². The van der Waals surface area contributed by atoms with Crippen molar-refractivity contribution in [3.63, 3.8) is 0 Å². The highest BCUT2D eigenvalue weighted by molar-refractivity contribution is 6.09. The minimum Gasteiger partial charge on any atom is -0.238 e. The first-order chi connectivity index (χ1) is 11.3. The van der Waals surface area contributed by atoms with Gasteiger partial charge in [-0.05, 0) is 39.1 Å². The molecule has 4 aromatic carbocycles. The number of benzene rings is 4. The van der Waals surface area contributed by atoms with Crippen molar-refractivity contribution in [3.05, 3.63) is 101 Å². The smallest absolute Gasteiger partial charge is 0.187 e. The lowest BCUT2D eigenvalue weighted by molar-refractivity contribution is 1.22. The van der Waals surface area contributed by atoms with E-state index < -0.39 is 0 Å². The molecule has 0 radical (unpaired) electrons. The third kappa shape index (κ3) is 2.45. The van der Waals surface area contributed by atoms with Crippen molar-refractivity contribution in [2.75, 3.05) is 0 Å². The molecule has 0 amide bonds. The zero-order valence-electron chi connectivity index (χ0n) is 12.7. The summed E-state index contributed by atoms with van der Waals surface area (Å²) < 4.78 is 0. The van der Waals surface area contributed by atoms with E-state index in [0.29, 0.717) is 5.69 Å². The molecule has 0 heterocycles. The number of rotatable bonds is 2. The molecule has 0 spiro atoms. The lowest BCUT2D eigenvalue weighted by Gasteiger charge is -2.11. The van der Waals surface area contributed by atoms with Crippen LogP contribution in [0.2, 0.25) is 0 Å². The Morgan fingerprint density at radius 1 is 0.696 bits per heavy atom. The minimum atomic E-state index is 0.692. The van der Waals surface area contributed by atoms with Gasteiger partial charge >= 0.3 is 0 Å². The molecule has 1 nitrogen and oxygen atoms in total. The summed E-state index contributed by atoms with van der Waals surface area (Å²) in [5, 5.41) is 5.19. The molecule has 0 aromatic heterocycles. The molecular weight excluding hydrogens is 278 g/mol. The number of hydrogen-bond acceptors (Lipinski definition) is 0. The highest BCUT2D eigenvalue weighted by atomic mass is 14.6. The number of fused-ring (bicyclic) bond motifs is 3. The Morgan fingerprint density at radius 3 is 2.09 bits per heavy atom. The summed E-state index contributed by atoms with van der Waals surface area (Å²) in [5.41, 5.74) is 3.25. The van der Waals surface area contributed by atoms with Crippen molar-refractivity contribution < 1.29 is 0 Å². The van der Waals surface area contributed by atoms with Crippen LogP contribution in [0.4, 0.5) is 5.69 Å². The molecule has 0 unspecified atom stereocenters. The second kappa shape index (κ2) is 5.59. The van der Waals surface area contributed by atoms with E-state index in [2.05, 4.69) is 71.6 Å². The molecule has 0 saturated carbocycles. The van der Waals surface area contributed by atoms with Crippen LogP contribution in [0.15, 0.2) is 78.9 Å². The molecule has 0 bridgehead atoms. The summed E-state index contributed by atoms with van der Waals surface area (Å²) in [4.78, 5) is 3.46. The van der Waals surface area contributed by atoms with E-state index in [4.69, 9.17) is 6.57 Å². The first kappa shape index (κ1) is 13.5. The Hall–Kier alpha value is -3.11. The van der Waals surface area contributed by atoms with E-state index in [1.165, 1.54) is 32.7 Å². The molecular formula is C22H15N. The average Bonchev–Trinajstić information content (AvgIpc) is 2.62. The SMILES string of the molecule is [C-]#[N+]c1ccc(Cc2cc3ccccc3c3ccccc23)cc1. The summed E-state index contributed by atoms with van der Waals surface area (Å²) in [6.45, 7) is 7.06. The Bertz CT molecular complexity index is 1040. The van der Waals surface area contributed by atoms with Crippen LogP contribution < -0.4 is 0 Å². The van der Waals surface area contributed by atoms with Gasteiger partial charge in [-0.3, -0.25) is 0 Å². The maximum atomic E-state index is 7.06. The van der Waals surface area contributed by atoms with Gasteiger partial charge in [0.25, 0.3) is 0 Å². The largest absolute Gasteiger partial charge is 0.238 e. The number of nitrogens with zero attached hydrogens (tertiary/aromatic N) is 1. The molecule has 4 rings (SSSR count). The van der Waals surface area contributed by atoms with Gasteiger partial charge in [0, 0.05) is 0 Å². The Balaban J connectivity index is 1.89. The summed E-state index contributed by atoms with van der Waals surface area (Å²) in [6.07, 6.45) is 0.879. The maximum absolute atomic E-state index is 7.06. The molecule has 1 heteroatoms. The van der Waals surface area contributed by atoms with Crippen LogP contribution in [0.1, 0.15) is 11.1 Å². The van der Waals surface area contributed by atoms with E-state index in [-0.39, 0.29) is 0 Å². The molecule has 0 atom stereocenters. The standard InChI is InChI=1S/C22H15N/c1-23-19-12-10-16(11-13-19)14-18-15-17-6-2-3-7-20(17)22-9-5-4-8-21(18)22/h2-13,15H,14H2. The molecule has 0 N–H and O–H groups in total. The van der Waals surface area contributed by atoms with Crippen LogP contribution in [0.3, 0.4) is 0 Å². The molecule has 0 fully saturated rings. The molecule has 0 saturated heterocycles. The van der Waals surface area contributed by atoms with Crippen LogP contribution in [0, 0.1) is 6.57 Å². The second-order valence-corrected chi connectivity index (χ2v) is 5.76. The van der Waals surface area contributed by atoms with E-state index in [1.807, 2.05) is 12.1 Å². The summed E-state index contributed by atoms with van der Waals surface area (Å²) in [5.74, 6) is 0. The van der Waals surface area contributed by atoms with Gasteiger partial charge < -0.3 is 0 Å². The van der Waals surface area contributed by atoms with Gasteiger partial charge in [-0.2, -0.15) is 0 Å². The normalized spacial score (nSPS) is 10.7. The van der Waals surface area contributed by atoms with Crippen molar-refractivity contribution in [1.82, 2.24) is 0 Å². The first-order valence-corrected chi connectivity index (χ1v) is 7.71. The van der Waals surface area contributed by atoms with Crippen molar-refractivity contribution >= 4 is 27.2 Å². The van der Waals surface area contributed by atoms with Crippen LogP contribution in [0.25, 0.3) is 26.4 Å². The molecule has 108 valence electrons. The van der Waals surface area contributed by atoms with Crippen LogP contribution in [0.5, 0.6) is 0 Å². The highest BCUT2D eigenvalue weighted by Crippen LogP contribution is 2.30. The molecule has 0 aliphatic carbocycles. The predicted octanol–water partition coefficient (Wildman–Crippen LogP) is 6.13. The van der Waals surface area contributed by atoms with Gasteiger partial charge in [-0.1, -0.05) is 78.9 Å². The van der Waals surface area contributed by atoms with Gasteiger partial charge in [0.15, 0.2) is 5.69 Å². The topological polar surface area (TPSA) is 4.36 Å². The van der Waals surface area contributed by atoms with Crippen LogP contribution >= 0.6 is 0 Å². The maximum Gasteiger partial charge on any atom is 0.187 e. The molecule has 4 aromatic rings. The summed E-state index contributed by atoms with van der Waals surface area (Å²) in [6, 6.07) is 27.3. The highest BCUT2D eigenvalue weighted by Gasteiger charge is 2.07. The monoisotopic (exact) mass is 293 g/mol. The molecule has 0 aliphatic rings. The van der Waals surface area contributed by atoms with E-state index >= 15 is 0 Å². The fourth-order valence-corrected chi connectivity index (χ4v) is 3.19. The lowest BCUT2D eigenvalue weighted by atomic mass is 9.93. The van der Waals surface area contributed by atoms with Gasteiger partial charge in [0.1, 0.15) is 0 Å². The fraction of sp³-hybridized carbons (Fsp3) is 0.0455. The zero-order chi connectivity index (χ0) is 15.6. The van der Waals surface area contributed by atoms with E-state index in [0.717, 1.165) is 6.42 Å². The van der Waals surface area contributed by atoms with Crippen LogP contribution in [-0.4, -0.2) is 0 Å². The summed E-state index contributed by atoms with van der Waals surface area (Å²) in [7, 11) is 0. The van der Waals surface area contributed by atoms with Gasteiger partial charge in [0.2, 0.25) is 0 Å². The van der Waals surface area contributed by atoms with Gasteiger partial charge in [-0.15, -0.1) is 0 Å². The average molecular weight is 293 g/mol. The Morgan fingerprint density at radius 2 is 1.35 bits per heavy atom. The van der Waals surface area contributed by atoms with Crippen molar-refractivity contribution in [1.29, 1.82) is 0 Å². The van der Waals surface area contributed by atoms with Crippen molar-refractivity contribution in [3.8, 4) is 0 Å². The number of hydrogen-bond donors (Lipinski definition) is 0. The molecule has 23 heavy (non-hydrogen) atoms. The van der Waals surface area contributed by atoms with Gasteiger partial charge in [0.05, 0.1) is 6.57 Å². The first-order valence-electron chi connectivity index (χ1n) is 7.71. The zero-order valence-corrected chi connectivity index (χ0v) is 12.7. The Labute approximate surface area is 135 Å². The van der Waals surface area contributed by atoms with Crippen molar-refractivity contribution in [2.24, 2.45) is 0 Å². The van der Waals surface area contributed by atoms with Crippen LogP contribution in [-0.2, 0) is 6.42 Å².